The van der Waals surface area contributed by atoms with Crippen LogP contribution in [0.1, 0.15) is 39.7 Å². The molecule has 1 aromatic rings. The lowest BCUT2D eigenvalue weighted by atomic mass is 9.76. The minimum atomic E-state index is -1.64. The van der Waals surface area contributed by atoms with Gasteiger partial charge in [-0.2, -0.15) is 0 Å². The predicted octanol–water partition coefficient (Wildman–Crippen LogP) is 2.97. The van der Waals surface area contributed by atoms with Crippen LogP contribution in [0.25, 0.3) is 0 Å². The zero-order chi connectivity index (χ0) is 17.0. The third kappa shape index (κ3) is 3.94. The van der Waals surface area contributed by atoms with E-state index in [9.17, 15) is 10.2 Å². The largest absolute Gasteiger partial charge is 0.391 e. The lowest BCUT2D eigenvalue weighted by molar-refractivity contribution is -0.352. The highest BCUT2D eigenvalue weighted by molar-refractivity contribution is 5.13. The Morgan fingerprint density at radius 3 is 2.43 bits per heavy atom. The molecule has 2 N–H and O–H groups in total. The van der Waals surface area contributed by atoms with Crippen molar-refractivity contribution >= 4 is 0 Å². The molecule has 0 saturated carbocycles. The Balaban J connectivity index is 2.14. The molecule has 0 amide bonds. The smallest absolute Gasteiger partial charge is 0.216 e. The molecule has 1 fully saturated rings. The van der Waals surface area contributed by atoms with Crippen LogP contribution in [0.15, 0.2) is 30.3 Å². The van der Waals surface area contributed by atoms with Gasteiger partial charge < -0.3 is 19.7 Å². The molecule has 1 aromatic carbocycles. The van der Waals surface area contributed by atoms with Crippen LogP contribution in [-0.2, 0) is 16.1 Å². The molecule has 0 bridgehead atoms. The SMILES string of the molecule is CC[C@@H](C)C1O[C@@](O)(CO)C(OCc2ccccc2)[C@@H](C)[C@@H]1C. The molecule has 1 aliphatic heterocycles. The molecule has 6 atom stereocenters. The van der Waals surface area contributed by atoms with Gasteiger partial charge in [0.25, 0.3) is 0 Å². The van der Waals surface area contributed by atoms with Gasteiger partial charge in [0.15, 0.2) is 0 Å². The first-order valence-corrected chi connectivity index (χ1v) is 8.59. The molecule has 0 aliphatic carbocycles. The Morgan fingerprint density at radius 1 is 1.22 bits per heavy atom. The van der Waals surface area contributed by atoms with Crippen LogP contribution >= 0.6 is 0 Å². The Bertz CT molecular complexity index is 478. The molecule has 0 spiro atoms. The summed E-state index contributed by atoms with van der Waals surface area (Å²) in [4.78, 5) is 0. The first kappa shape index (κ1) is 18.4. The fourth-order valence-electron chi connectivity index (χ4n) is 3.43. The van der Waals surface area contributed by atoms with Crippen molar-refractivity contribution in [3.05, 3.63) is 35.9 Å². The van der Waals surface area contributed by atoms with Crippen LogP contribution in [0, 0.1) is 17.8 Å². The first-order valence-electron chi connectivity index (χ1n) is 8.59. The van der Waals surface area contributed by atoms with E-state index in [-0.39, 0.29) is 17.9 Å². The van der Waals surface area contributed by atoms with E-state index in [0.717, 1.165) is 12.0 Å². The molecular formula is C19H30O4. The zero-order valence-electron chi connectivity index (χ0n) is 14.6. The van der Waals surface area contributed by atoms with E-state index in [4.69, 9.17) is 9.47 Å². The molecule has 4 nitrogen and oxygen atoms in total. The summed E-state index contributed by atoms with van der Waals surface area (Å²) in [5, 5.41) is 20.6. The minimum absolute atomic E-state index is 0.0799. The van der Waals surface area contributed by atoms with Crippen molar-refractivity contribution in [2.24, 2.45) is 17.8 Å². The second-order valence-corrected chi connectivity index (χ2v) is 6.91. The molecule has 0 radical (unpaired) electrons. The quantitative estimate of drug-likeness (QED) is 0.845. The summed E-state index contributed by atoms with van der Waals surface area (Å²) in [6.45, 7) is 8.37. The average molecular weight is 322 g/mol. The lowest BCUT2D eigenvalue weighted by Gasteiger charge is -2.50. The average Bonchev–Trinajstić information content (AvgIpc) is 2.58. The number of ether oxygens (including phenoxy) is 2. The Morgan fingerprint density at radius 2 is 1.87 bits per heavy atom. The van der Waals surface area contributed by atoms with Crippen molar-refractivity contribution in [1.82, 2.24) is 0 Å². The maximum atomic E-state index is 10.8. The third-order valence-electron chi connectivity index (χ3n) is 5.31. The van der Waals surface area contributed by atoms with E-state index < -0.39 is 18.5 Å². The summed E-state index contributed by atoms with van der Waals surface area (Å²) in [7, 11) is 0. The minimum Gasteiger partial charge on any atom is -0.391 e. The fraction of sp³-hybridized carbons (Fsp3) is 0.684. The predicted molar refractivity (Wildman–Crippen MR) is 89.7 cm³/mol. The van der Waals surface area contributed by atoms with Crippen LogP contribution in [0.5, 0.6) is 0 Å². The van der Waals surface area contributed by atoms with Gasteiger partial charge in [0.05, 0.1) is 19.3 Å². The highest BCUT2D eigenvalue weighted by Crippen LogP contribution is 2.41. The monoisotopic (exact) mass is 322 g/mol. The van der Waals surface area contributed by atoms with Crippen LogP contribution in [0.3, 0.4) is 0 Å². The van der Waals surface area contributed by atoms with Crippen molar-refractivity contribution in [2.75, 3.05) is 6.61 Å². The maximum absolute atomic E-state index is 10.8. The third-order valence-corrected chi connectivity index (χ3v) is 5.31. The molecular weight excluding hydrogens is 292 g/mol. The summed E-state index contributed by atoms with van der Waals surface area (Å²) in [5.74, 6) is -0.990. The van der Waals surface area contributed by atoms with Crippen molar-refractivity contribution in [1.29, 1.82) is 0 Å². The number of hydrogen-bond acceptors (Lipinski definition) is 4. The van der Waals surface area contributed by atoms with Crippen LogP contribution < -0.4 is 0 Å². The Labute approximate surface area is 139 Å². The zero-order valence-corrected chi connectivity index (χ0v) is 14.6. The maximum Gasteiger partial charge on any atom is 0.216 e. The highest BCUT2D eigenvalue weighted by atomic mass is 16.7. The molecule has 0 aromatic heterocycles. The molecule has 2 rings (SSSR count). The van der Waals surface area contributed by atoms with Crippen LogP contribution in [0.4, 0.5) is 0 Å². The van der Waals surface area contributed by atoms with Crippen LogP contribution in [-0.4, -0.2) is 34.8 Å². The molecule has 1 aliphatic rings. The summed E-state index contributed by atoms with van der Waals surface area (Å²) < 4.78 is 11.9. The molecule has 130 valence electrons. The summed E-state index contributed by atoms with van der Waals surface area (Å²) in [6.07, 6.45) is 0.338. The van der Waals surface area contributed by atoms with E-state index in [1.54, 1.807) is 0 Å². The number of hydrogen-bond donors (Lipinski definition) is 2. The molecule has 23 heavy (non-hydrogen) atoms. The van der Waals surface area contributed by atoms with Gasteiger partial charge in [-0.15, -0.1) is 0 Å². The van der Waals surface area contributed by atoms with E-state index in [1.165, 1.54) is 0 Å². The van der Waals surface area contributed by atoms with Crippen molar-refractivity contribution in [3.8, 4) is 0 Å². The van der Waals surface area contributed by atoms with Crippen molar-refractivity contribution in [3.63, 3.8) is 0 Å². The van der Waals surface area contributed by atoms with Gasteiger partial charge in [0.1, 0.15) is 6.10 Å². The summed E-state index contributed by atoms with van der Waals surface area (Å²) >= 11 is 0. The summed E-state index contributed by atoms with van der Waals surface area (Å²) in [6, 6.07) is 9.84. The number of rotatable bonds is 6. The summed E-state index contributed by atoms with van der Waals surface area (Å²) in [5.41, 5.74) is 1.04. The normalized spacial score (nSPS) is 35.9. The van der Waals surface area contributed by atoms with E-state index >= 15 is 0 Å². The standard InChI is InChI=1S/C19H30O4/c1-5-13(2)17-14(3)15(4)18(19(21,12-20)23-17)22-11-16-9-7-6-8-10-16/h6-10,13-15,17-18,20-21H,5,11-12H2,1-4H3/t13-,14+,15+,17?,18?,19+/m1/s1. The van der Waals surface area contributed by atoms with E-state index in [0.29, 0.717) is 12.5 Å². The Kier molecular flexibility index (Phi) is 6.20. The van der Waals surface area contributed by atoms with Crippen LogP contribution in [0.2, 0.25) is 0 Å². The Hall–Kier alpha value is -0.940. The van der Waals surface area contributed by atoms with Gasteiger partial charge in [-0.25, -0.2) is 0 Å². The van der Waals surface area contributed by atoms with Gasteiger partial charge in [-0.05, 0) is 23.3 Å². The van der Waals surface area contributed by atoms with Gasteiger partial charge in [-0.3, -0.25) is 0 Å². The number of benzene rings is 1. The molecule has 1 saturated heterocycles. The number of aliphatic hydroxyl groups excluding tert-OH is 1. The second kappa shape index (κ2) is 7.75. The molecule has 2 unspecified atom stereocenters. The molecule has 4 heteroatoms. The van der Waals surface area contributed by atoms with Gasteiger partial charge in [0, 0.05) is 0 Å². The van der Waals surface area contributed by atoms with Gasteiger partial charge >= 0.3 is 0 Å². The van der Waals surface area contributed by atoms with Crippen molar-refractivity contribution < 1.29 is 19.7 Å². The van der Waals surface area contributed by atoms with Gasteiger partial charge in [0.2, 0.25) is 5.79 Å². The highest BCUT2D eigenvalue weighted by Gasteiger charge is 2.52. The van der Waals surface area contributed by atoms with Crippen molar-refractivity contribution in [2.45, 2.75) is 58.7 Å². The van der Waals surface area contributed by atoms with E-state index in [1.807, 2.05) is 30.3 Å². The molecule has 1 heterocycles. The second-order valence-electron chi connectivity index (χ2n) is 6.91. The fourth-order valence-corrected chi connectivity index (χ4v) is 3.43. The first-order chi connectivity index (χ1) is 10.9. The van der Waals surface area contributed by atoms with Gasteiger partial charge in [-0.1, -0.05) is 64.4 Å². The number of aliphatic hydroxyl groups is 2. The lowest BCUT2D eigenvalue weighted by Crippen LogP contribution is -2.62. The van der Waals surface area contributed by atoms with E-state index in [2.05, 4.69) is 27.7 Å². The topological polar surface area (TPSA) is 58.9 Å².